The first-order valence-electron chi connectivity index (χ1n) is 8.86. The third kappa shape index (κ3) is 5.99. The Hall–Kier alpha value is -2.14. The lowest BCUT2D eigenvalue weighted by Gasteiger charge is -2.11. The largest absolute Gasteiger partial charge is 0.494 e. The lowest BCUT2D eigenvalue weighted by molar-refractivity contribution is 0.101. The zero-order valence-corrected chi connectivity index (χ0v) is 16.8. The SMILES string of the molecule is CCCCCCOc1ccc(C(=O)Nc2cc(Br)ccc2C(C)=O)cc1. The van der Waals surface area contributed by atoms with E-state index >= 15 is 0 Å². The van der Waals surface area contributed by atoms with Gasteiger partial charge in [0.1, 0.15) is 5.75 Å². The molecular formula is C21H24BrNO3. The van der Waals surface area contributed by atoms with Crippen LogP contribution in [0.4, 0.5) is 5.69 Å². The van der Waals surface area contributed by atoms with Crippen LogP contribution in [-0.2, 0) is 0 Å². The molecule has 2 rings (SSSR count). The molecule has 0 fully saturated rings. The first kappa shape index (κ1) is 20.2. The quantitative estimate of drug-likeness (QED) is 0.410. The van der Waals surface area contributed by atoms with Crippen LogP contribution in [0.1, 0.15) is 60.2 Å². The molecule has 0 bridgehead atoms. The van der Waals surface area contributed by atoms with Crippen LogP contribution in [0.15, 0.2) is 46.9 Å². The average molecular weight is 418 g/mol. The van der Waals surface area contributed by atoms with Crippen molar-refractivity contribution in [1.82, 2.24) is 0 Å². The molecular weight excluding hydrogens is 394 g/mol. The van der Waals surface area contributed by atoms with Gasteiger partial charge >= 0.3 is 0 Å². The Morgan fingerprint density at radius 2 is 1.77 bits per heavy atom. The molecule has 2 aromatic carbocycles. The van der Waals surface area contributed by atoms with Gasteiger partial charge in [-0.15, -0.1) is 0 Å². The Kier molecular flexibility index (Phi) is 7.85. The number of hydrogen-bond acceptors (Lipinski definition) is 3. The molecule has 4 nitrogen and oxygen atoms in total. The van der Waals surface area contributed by atoms with E-state index in [1.165, 1.54) is 26.2 Å². The summed E-state index contributed by atoms with van der Waals surface area (Å²) in [5, 5.41) is 2.80. The van der Waals surface area contributed by atoms with E-state index in [9.17, 15) is 9.59 Å². The van der Waals surface area contributed by atoms with E-state index in [0.717, 1.165) is 16.6 Å². The van der Waals surface area contributed by atoms with E-state index in [1.54, 1.807) is 42.5 Å². The van der Waals surface area contributed by atoms with Gasteiger partial charge in [0.2, 0.25) is 0 Å². The van der Waals surface area contributed by atoms with Crippen molar-refractivity contribution < 1.29 is 14.3 Å². The normalized spacial score (nSPS) is 10.4. The molecule has 138 valence electrons. The summed E-state index contributed by atoms with van der Waals surface area (Å²) in [6.07, 6.45) is 4.63. The number of halogens is 1. The fourth-order valence-corrected chi connectivity index (χ4v) is 2.90. The number of rotatable bonds is 9. The Labute approximate surface area is 163 Å². The van der Waals surface area contributed by atoms with Crippen LogP contribution in [0.5, 0.6) is 5.75 Å². The molecule has 5 heteroatoms. The predicted octanol–water partition coefficient (Wildman–Crippen LogP) is 5.86. The number of nitrogens with one attached hydrogen (secondary N) is 1. The summed E-state index contributed by atoms with van der Waals surface area (Å²) in [7, 11) is 0. The first-order valence-corrected chi connectivity index (χ1v) is 9.65. The topological polar surface area (TPSA) is 55.4 Å². The fourth-order valence-electron chi connectivity index (χ4n) is 2.54. The van der Waals surface area contributed by atoms with Crippen molar-refractivity contribution in [3.05, 3.63) is 58.1 Å². The third-order valence-corrected chi connectivity index (χ3v) is 4.49. The maximum Gasteiger partial charge on any atom is 0.255 e. The van der Waals surface area contributed by atoms with Gasteiger partial charge in [-0.2, -0.15) is 0 Å². The van der Waals surface area contributed by atoms with Crippen molar-refractivity contribution in [1.29, 1.82) is 0 Å². The Bertz CT molecular complexity index is 756. The van der Waals surface area contributed by atoms with Crippen molar-refractivity contribution >= 4 is 33.3 Å². The summed E-state index contributed by atoms with van der Waals surface area (Å²) in [4.78, 5) is 24.2. The highest BCUT2D eigenvalue weighted by molar-refractivity contribution is 9.10. The number of hydrogen-bond donors (Lipinski definition) is 1. The van der Waals surface area contributed by atoms with E-state index in [-0.39, 0.29) is 11.7 Å². The number of unbranched alkanes of at least 4 members (excludes halogenated alkanes) is 3. The molecule has 1 amide bonds. The lowest BCUT2D eigenvalue weighted by atomic mass is 10.1. The van der Waals surface area contributed by atoms with Crippen LogP contribution in [-0.4, -0.2) is 18.3 Å². The second-order valence-electron chi connectivity index (χ2n) is 6.13. The van der Waals surface area contributed by atoms with E-state index in [4.69, 9.17) is 4.74 Å². The van der Waals surface area contributed by atoms with Gasteiger partial charge in [0.15, 0.2) is 5.78 Å². The first-order chi connectivity index (χ1) is 12.5. The Balaban J connectivity index is 1.98. The summed E-state index contributed by atoms with van der Waals surface area (Å²) in [6, 6.07) is 12.2. The average Bonchev–Trinajstić information content (AvgIpc) is 2.62. The highest BCUT2D eigenvalue weighted by Crippen LogP contribution is 2.23. The summed E-state index contributed by atoms with van der Waals surface area (Å²) in [5.41, 5.74) is 1.49. The molecule has 0 aliphatic heterocycles. The Morgan fingerprint density at radius 3 is 2.42 bits per heavy atom. The highest BCUT2D eigenvalue weighted by Gasteiger charge is 2.12. The molecule has 0 spiro atoms. The number of ketones is 1. The number of benzene rings is 2. The van der Waals surface area contributed by atoms with Gasteiger partial charge in [-0.05, 0) is 55.8 Å². The van der Waals surface area contributed by atoms with Crippen LogP contribution < -0.4 is 10.1 Å². The highest BCUT2D eigenvalue weighted by atomic mass is 79.9. The standard InChI is InChI=1S/C21H24BrNO3/c1-3-4-5-6-13-26-18-10-7-16(8-11-18)21(25)23-20-14-17(22)9-12-19(20)15(2)24/h7-12,14H,3-6,13H2,1-2H3,(H,23,25). The molecule has 1 N–H and O–H groups in total. The van der Waals surface area contributed by atoms with Crippen molar-refractivity contribution in [3.8, 4) is 5.75 Å². The van der Waals surface area contributed by atoms with Crippen LogP contribution in [0.2, 0.25) is 0 Å². The number of Topliss-reactive ketones (excluding diaryl/α,β-unsaturated/α-hetero) is 1. The minimum atomic E-state index is -0.264. The summed E-state index contributed by atoms with van der Waals surface area (Å²) in [6.45, 7) is 4.34. The molecule has 0 heterocycles. The molecule has 0 aliphatic rings. The van der Waals surface area contributed by atoms with Crippen LogP contribution in [0, 0.1) is 0 Å². The van der Waals surface area contributed by atoms with Gasteiger partial charge in [-0.3, -0.25) is 9.59 Å². The second-order valence-corrected chi connectivity index (χ2v) is 7.05. The van der Waals surface area contributed by atoms with Crippen LogP contribution in [0.3, 0.4) is 0 Å². The summed E-state index contributed by atoms with van der Waals surface area (Å²) in [5.74, 6) is 0.393. The number of anilines is 1. The number of carbonyl (C=O) groups is 2. The van der Waals surface area contributed by atoms with Crippen molar-refractivity contribution in [2.45, 2.75) is 39.5 Å². The van der Waals surface area contributed by atoms with Crippen molar-refractivity contribution in [2.75, 3.05) is 11.9 Å². The van der Waals surface area contributed by atoms with E-state index in [1.807, 2.05) is 0 Å². The molecule has 0 aliphatic carbocycles. The minimum absolute atomic E-state index is 0.0976. The van der Waals surface area contributed by atoms with Gasteiger partial charge in [0, 0.05) is 15.6 Å². The molecule has 26 heavy (non-hydrogen) atoms. The number of ether oxygens (including phenoxy) is 1. The van der Waals surface area contributed by atoms with E-state index in [2.05, 4.69) is 28.2 Å². The van der Waals surface area contributed by atoms with Gasteiger partial charge in [-0.1, -0.05) is 42.1 Å². The van der Waals surface area contributed by atoms with Gasteiger partial charge in [0.05, 0.1) is 12.3 Å². The summed E-state index contributed by atoms with van der Waals surface area (Å²) < 4.78 is 6.49. The monoisotopic (exact) mass is 417 g/mol. The smallest absolute Gasteiger partial charge is 0.255 e. The number of carbonyl (C=O) groups excluding carboxylic acids is 2. The zero-order chi connectivity index (χ0) is 18.9. The zero-order valence-electron chi connectivity index (χ0n) is 15.2. The molecule has 0 atom stereocenters. The fraction of sp³-hybridized carbons (Fsp3) is 0.333. The molecule has 2 aromatic rings. The minimum Gasteiger partial charge on any atom is -0.494 e. The van der Waals surface area contributed by atoms with Crippen molar-refractivity contribution in [3.63, 3.8) is 0 Å². The van der Waals surface area contributed by atoms with E-state index in [0.29, 0.717) is 23.4 Å². The predicted molar refractivity (Wildman–Crippen MR) is 108 cm³/mol. The van der Waals surface area contributed by atoms with E-state index < -0.39 is 0 Å². The summed E-state index contributed by atoms with van der Waals surface area (Å²) >= 11 is 3.36. The maximum atomic E-state index is 12.5. The second kappa shape index (κ2) is 10.1. The van der Waals surface area contributed by atoms with Crippen LogP contribution in [0.25, 0.3) is 0 Å². The molecule has 0 radical (unpaired) electrons. The maximum absolute atomic E-state index is 12.5. The molecule has 0 saturated heterocycles. The third-order valence-electron chi connectivity index (χ3n) is 3.99. The lowest BCUT2D eigenvalue weighted by Crippen LogP contribution is -2.14. The molecule has 0 aromatic heterocycles. The van der Waals surface area contributed by atoms with Gasteiger partial charge < -0.3 is 10.1 Å². The van der Waals surface area contributed by atoms with Gasteiger partial charge in [0.25, 0.3) is 5.91 Å². The Morgan fingerprint density at radius 1 is 1.04 bits per heavy atom. The number of amides is 1. The van der Waals surface area contributed by atoms with Crippen molar-refractivity contribution in [2.24, 2.45) is 0 Å². The molecule has 0 unspecified atom stereocenters. The van der Waals surface area contributed by atoms with Crippen LogP contribution >= 0.6 is 15.9 Å². The van der Waals surface area contributed by atoms with Gasteiger partial charge in [-0.25, -0.2) is 0 Å². The molecule has 0 saturated carbocycles.